The van der Waals surface area contributed by atoms with Crippen LogP contribution in [-0.4, -0.2) is 16.1 Å². The molecule has 2 aliphatic carbocycles. The minimum absolute atomic E-state index is 0.0727. The van der Waals surface area contributed by atoms with Gasteiger partial charge >= 0.3 is 0 Å². The molecule has 1 heterocycles. The summed E-state index contributed by atoms with van der Waals surface area (Å²) in [5.41, 5.74) is 9.56. The van der Waals surface area contributed by atoms with Gasteiger partial charge in [-0.2, -0.15) is 0 Å². The van der Waals surface area contributed by atoms with Crippen molar-refractivity contribution in [3.05, 3.63) is 137 Å². The molecule has 38 heavy (non-hydrogen) atoms. The van der Waals surface area contributed by atoms with Crippen molar-refractivity contribution in [2.75, 3.05) is 0 Å². The summed E-state index contributed by atoms with van der Waals surface area (Å²) in [6, 6.07) is 34.7. The van der Waals surface area contributed by atoms with Gasteiger partial charge in [-0.15, -0.1) is 0 Å². The third-order valence-corrected chi connectivity index (χ3v) is 8.53. The summed E-state index contributed by atoms with van der Waals surface area (Å²) in [5.74, 6) is -0.153. The molecule has 0 spiro atoms. The number of para-hydroxylation sites is 2. The zero-order valence-electron chi connectivity index (χ0n) is 21.1. The van der Waals surface area contributed by atoms with E-state index in [-0.39, 0.29) is 17.0 Å². The predicted octanol–water partition coefficient (Wildman–Crippen LogP) is 7.87. The summed E-state index contributed by atoms with van der Waals surface area (Å²) in [6.45, 7) is 4.44. The Kier molecular flexibility index (Phi) is 4.03. The summed E-state index contributed by atoms with van der Waals surface area (Å²) in [6.07, 6.45) is 0. The Bertz CT molecular complexity index is 2030. The lowest BCUT2D eigenvalue weighted by Crippen LogP contribution is -2.22. The molecule has 0 atom stereocenters. The molecule has 2 aliphatic rings. The molecule has 0 saturated carbocycles. The highest BCUT2D eigenvalue weighted by atomic mass is 16.1. The number of carbonyl (C=O) groups excluding carboxylic acids is 2. The van der Waals surface area contributed by atoms with E-state index in [1.165, 1.54) is 21.9 Å². The minimum atomic E-state index is -0.315. The number of benzene rings is 5. The van der Waals surface area contributed by atoms with Crippen molar-refractivity contribution in [3.8, 4) is 16.8 Å². The molecule has 180 valence electrons. The third kappa shape index (κ3) is 2.58. The predicted molar refractivity (Wildman–Crippen MR) is 152 cm³/mol. The Morgan fingerprint density at radius 1 is 0.500 bits per heavy atom. The van der Waals surface area contributed by atoms with Crippen LogP contribution in [0.5, 0.6) is 0 Å². The van der Waals surface area contributed by atoms with Gasteiger partial charge in [-0.3, -0.25) is 9.59 Å². The standard InChI is InChI=1S/C35H23NO2/c1-35(2)29-17-26-21-12-8-9-15-31(21)36(20-10-4-3-5-11-20)32(26)19-25(29)24-16-27-28(18-30(24)35)34(38)23-14-7-6-13-22(23)33(27)37/h3-19H,1-2H3. The van der Waals surface area contributed by atoms with Crippen LogP contribution >= 0.6 is 0 Å². The van der Waals surface area contributed by atoms with Gasteiger partial charge in [0.05, 0.1) is 11.0 Å². The molecule has 0 N–H and O–H groups in total. The number of fused-ring (bicyclic) bond motifs is 8. The first-order chi connectivity index (χ1) is 18.4. The Morgan fingerprint density at radius 2 is 1.08 bits per heavy atom. The maximum Gasteiger partial charge on any atom is 0.194 e. The van der Waals surface area contributed by atoms with Gasteiger partial charge in [0.15, 0.2) is 11.6 Å². The lowest BCUT2D eigenvalue weighted by Gasteiger charge is -2.24. The zero-order valence-corrected chi connectivity index (χ0v) is 21.1. The largest absolute Gasteiger partial charge is 0.309 e. The summed E-state index contributed by atoms with van der Waals surface area (Å²) in [5, 5.41) is 2.41. The number of rotatable bonds is 1. The number of nitrogens with zero attached hydrogens (tertiary/aromatic N) is 1. The molecule has 0 saturated heterocycles. The smallest absolute Gasteiger partial charge is 0.194 e. The van der Waals surface area contributed by atoms with E-state index in [0.29, 0.717) is 22.3 Å². The van der Waals surface area contributed by atoms with Crippen LogP contribution in [0.4, 0.5) is 0 Å². The van der Waals surface area contributed by atoms with E-state index in [0.717, 1.165) is 27.9 Å². The Morgan fingerprint density at radius 3 is 1.82 bits per heavy atom. The Labute approximate surface area is 220 Å². The molecule has 5 aromatic carbocycles. The molecular weight excluding hydrogens is 466 g/mol. The van der Waals surface area contributed by atoms with E-state index in [1.807, 2.05) is 30.3 Å². The van der Waals surface area contributed by atoms with E-state index >= 15 is 0 Å². The fraction of sp³-hybridized carbons (Fsp3) is 0.0857. The SMILES string of the molecule is CC1(C)c2cc3c(cc2-c2cc4c(cc21)c1ccccc1n4-c1ccccc1)C(=O)c1ccccc1C3=O. The number of carbonyl (C=O) groups is 2. The summed E-state index contributed by atoms with van der Waals surface area (Å²) >= 11 is 0. The minimum Gasteiger partial charge on any atom is -0.309 e. The van der Waals surface area contributed by atoms with Crippen LogP contribution in [-0.2, 0) is 5.41 Å². The molecule has 6 aromatic rings. The molecule has 0 amide bonds. The molecule has 0 fully saturated rings. The normalized spacial score (nSPS) is 14.9. The van der Waals surface area contributed by atoms with Crippen molar-refractivity contribution in [3.63, 3.8) is 0 Å². The Balaban J connectivity index is 1.45. The molecule has 3 nitrogen and oxygen atoms in total. The lowest BCUT2D eigenvalue weighted by molar-refractivity contribution is 0.0979. The van der Waals surface area contributed by atoms with E-state index in [1.54, 1.807) is 12.1 Å². The molecule has 8 rings (SSSR count). The average Bonchev–Trinajstić information content (AvgIpc) is 3.39. The van der Waals surface area contributed by atoms with Gasteiger partial charge in [-0.05, 0) is 64.7 Å². The van der Waals surface area contributed by atoms with Crippen LogP contribution in [0.25, 0.3) is 38.6 Å². The second-order valence-corrected chi connectivity index (χ2v) is 10.9. The van der Waals surface area contributed by atoms with E-state index in [2.05, 4.69) is 79.1 Å². The first-order valence-corrected chi connectivity index (χ1v) is 13.0. The van der Waals surface area contributed by atoms with Crippen LogP contribution in [0.1, 0.15) is 56.8 Å². The molecular formula is C35H23NO2. The Hall–Kier alpha value is -4.76. The topological polar surface area (TPSA) is 39.1 Å². The maximum absolute atomic E-state index is 13.5. The number of hydrogen-bond acceptors (Lipinski definition) is 2. The number of aromatic nitrogens is 1. The highest BCUT2D eigenvalue weighted by molar-refractivity contribution is 6.29. The van der Waals surface area contributed by atoms with Gasteiger partial charge < -0.3 is 4.57 Å². The van der Waals surface area contributed by atoms with Crippen LogP contribution in [0, 0.1) is 0 Å². The molecule has 1 aromatic heterocycles. The first-order valence-electron chi connectivity index (χ1n) is 13.0. The quantitative estimate of drug-likeness (QED) is 0.235. The van der Waals surface area contributed by atoms with Crippen LogP contribution in [0.3, 0.4) is 0 Å². The molecule has 0 radical (unpaired) electrons. The lowest BCUT2D eigenvalue weighted by atomic mass is 9.78. The van der Waals surface area contributed by atoms with Crippen LogP contribution in [0.15, 0.2) is 103 Å². The molecule has 0 bridgehead atoms. The van der Waals surface area contributed by atoms with E-state index < -0.39 is 0 Å². The summed E-state index contributed by atoms with van der Waals surface area (Å²) in [4.78, 5) is 27.0. The highest BCUT2D eigenvalue weighted by Crippen LogP contribution is 2.52. The number of hydrogen-bond donors (Lipinski definition) is 0. The molecule has 3 heteroatoms. The fourth-order valence-corrected chi connectivity index (χ4v) is 6.64. The van der Waals surface area contributed by atoms with Gasteiger partial charge in [0, 0.05) is 44.1 Å². The number of ketones is 2. The van der Waals surface area contributed by atoms with Gasteiger partial charge in [0.25, 0.3) is 0 Å². The van der Waals surface area contributed by atoms with Crippen molar-refractivity contribution < 1.29 is 9.59 Å². The van der Waals surface area contributed by atoms with Crippen molar-refractivity contribution in [1.82, 2.24) is 4.57 Å². The monoisotopic (exact) mass is 489 g/mol. The third-order valence-electron chi connectivity index (χ3n) is 8.53. The second kappa shape index (κ2) is 7.17. The van der Waals surface area contributed by atoms with Gasteiger partial charge in [-0.1, -0.05) is 74.5 Å². The average molecular weight is 490 g/mol. The first kappa shape index (κ1) is 21.3. The van der Waals surface area contributed by atoms with Gasteiger partial charge in [0.2, 0.25) is 0 Å². The summed E-state index contributed by atoms with van der Waals surface area (Å²) in [7, 11) is 0. The van der Waals surface area contributed by atoms with Crippen molar-refractivity contribution in [1.29, 1.82) is 0 Å². The van der Waals surface area contributed by atoms with Crippen molar-refractivity contribution >= 4 is 33.4 Å². The second-order valence-electron chi connectivity index (χ2n) is 10.9. The maximum atomic E-state index is 13.5. The molecule has 0 aliphatic heterocycles. The molecule has 0 unspecified atom stereocenters. The van der Waals surface area contributed by atoms with Crippen LogP contribution < -0.4 is 0 Å². The van der Waals surface area contributed by atoms with E-state index in [9.17, 15) is 9.59 Å². The van der Waals surface area contributed by atoms with Crippen LogP contribution in [0.2, 0.25) is 0 Å². The zero-order chi connectivity index (χ0) is 25.8. The highest BCUT2D eigenvalue weighted by Gasteiger charge is 2.40. The van der Waals surface area contributed by atoms with Gasteiger partial charge in [-0.25, -0.2) is 0 Å². The van der Waals surface area contributed by atoms with E-state index in [4.69, 9.17) is 0 Å². The summed E-state index contributed by atoms with van der Waals surface area (Å²) < 4.78 is 2.32. The van der Waals surface area contributed by atoms with Crippen molar-refractivity contribution in [2.24, 2.45) is 0 Å². The van der Waals surface area contributed by atoms with Gasteiger partial charge in [0.1, 0.15) is 0 Å². The fourth-order valence-electron chi connectivity index (χ4n) is 6.64. The van der Waals surface area contributed by atoms with Crippen molar-refractivity contribution in [2.45, 2.75) is 19.3 Å².